The number of carbonyl (C=O) groups is 1. The average Bonchev–Trinajstić information content (AvgIpc) is 3.10. The Morgan fingerprint density at radius 1 is 1.17 bits per heavy atom. The zero-order valence-electron chi connectivity index (χ0n) is 13.1. The van der Waals surface area contributed by atoms with Crippen molar-refractivity contribution in [2.24, 2.45) is 0 Å². The van der Waals surface area contributed by atoms with Gasteiger partial charge in [0.2, 0.25) is 0 Å². The predicted octanol–water partition coefficient (Wildman–Crippen LogP) is 2.22. The summed E-state index contributed by atoms with van der Waals surface area (Å²) in [5.74, 6) is 2.49. The topological polar surface area (TPSA) is 44.4 Å². The first-order chi connectivity index (χ1) is 10.8. The average molecular weight is 374 g/mol. The molecular weight excluding hydrogens is 350 g/mol. The molecule has 7 heteroatoms. The second kappa shape index (κ2) is 9.79. The number of thioether (sulfide) groups is 2. The molecule has 2 saturated heterocycles. The van der Waals surface area contributed by atoms with E-state index in [-0.39, 0.29) is 18.3 Å². The summed E-state index contributed by atoms with van der Waals surface area (Å²) in [5.41, 5.74) is 2.09. The zero-order valence-corrected chi connectivity index (χ0v) is 15.6. The molecule has 1 aromatic rings. The Labute approximate surface area is 152 Å². The van der Waals surface area contributed by atoms with Gasteiger partial charge in [-0.25, -0.2) is 0 Å². The molecule has 2 N–H and O–H groups in total. The fourth-order valence-corrected chi connectivity index (χ4v) is 5.57. The number of hydrogen-bond acceptors (Lipinski definition) is 5. The Balaban J connectivity index is 0.00000192. The molecule has 1 aromatic carbocycles. The number of nitrogens with one attached hydrogen (secondary N) is 2. The van der Waals surface area contributed by atoms with E-state index in [1.54, 1.807) is 0 Å². The molecule has 0 saturated carbocycles. The van der Waals surface area contributed by atoms with Crippen molar-refractivity contribution in [3.8, 4) is 0 Å². The van der Waals surface area contributed by atoms with Crippen molar-refractivity contribution in [3.05, 3.63) is 35.4 Å². The Kier molecular flexibility index (Phi) is 8.06. The Hall–Kier alpha value is -0.400. The summed E-state index contributed by atoms with van der Waals surface area (Å²) in [6.45, 7) is 5.89. The van der Waals surface area contributed by atoms with Gasteiger partial charge in [0, 0.05) is 56.3 Å². The van der Waals surface area contributed by atoms with Gasteiger partial charge < -0.3 is 10.6 Å². The standard InChI is InChI=1S/C16H23N3OS2.ClH/c20-15(18-7-10-19-8-5-17-6-9-19)13-1-3-14(4-2-13)16-21-11-12-22-16;/h1-4,16-17H,5-12H2,(H,18,20);1H. The molecule has 2 aliphatic heterocycles. The minimum Gasteiger partial charge on any atom is -0.351 e. The van der Waals surface area contributed by atoms with Crippen LogP contribution >= 0.6 is 35.9 Å². The largest absolute Gasteiger partial charge is 0.351 e. The number of piperazine rings is 1. The molecule has 0 atom stereocenters. The molecule has 128 valence electrons. The molecule has 0 unspecified atom stereocenters. The van der Waals surface area contributed by atoms with E-state index in [1.165, 1.54) is 17.1 Å². The maximum atomic E-state index is 12.2. The molecule has 23 heavy (non-hydrogen) atoms. The molecule has 2 heterocycles. The first-order valence-electron chi connectivity index (χ1n) is 7.87. The number of rotatable bonds is 5. The lowest BCUT2D eigenvalue weighted by Crippen LogP contribution is -2.46. The highest BCUT2D eigenvalue weighted by molar-refractivity contribution is 8.19. The van der Waals surface area contributed by atoms with Crippen molar-refractivity contribution in [2.45, 2.75) is 4.58 Å². The summed E-state index contributed by atoms with van der Waals surface area (Å²) in [6.07, 6.45) is 0. The number of benzene rings is 1. The van der Waals surface area contributed by atoms with Crippen molar-refractivity contribution in [1.82, 2.24) is 15.5 Å². The quantitative estimate of drug-likeness (QED) is 0.828. The number of carbonyl (C=O) groups excluding carboxylic acids is 1. The molecule has 1 amide bonds. The van der Waals surface area contributed by atoms with Crippen molar-refractivity contribution < 1.29 is 4.79 Å². The van der Waals surface area contributed by atoms with E-state index < -0.39 is 0 Å². The van der Waals surface area contributed by atoms with E-state index in [0.717, 1.165) is 44.8 Å². The molecule has 0 bridgehead atoms. The van der Waals surface area contributed by atoms with Crippen LogP contribution in [0.1, 0.15) is 20.5 Å². The van der Waals surface area contributed by atoms with Crippen LogP contribution in [0.15, 0.2) is 24.3 Å². The summed E-state index contributed by atoms with van der Waals surface area (Å²) in [7, 11) is 0. The lowest BCUT2D eigenvalue weighted by Gasteiger charge is -2.27. The van der Waals surface area contributed by atoms with Gasteiger partial charge >= 0.3 is 0 Å². The minimum atomic E-state index is 0. The summed E-state index contributed by atoms with van der Waals surface area (Å²) in [6, 6.07) is 8.10. The van der Waals surface area contributed by atoms with Gasteiger partial charge in [-0.15, -0.1) is 35.9 Å². The third-order valence-electron chi connectivity index (χ3n) is 3.99. The highest BCUT2D eigenvalue weighted by Gasteiger charge is 2.18. The molecule has 0 spiro atoms. The van der Waals surface area contributed by atoms with E-state index in [2.05, 4.69) is 27.7 Å². The van der Waals surface area contributed by atoms with Gasteiger partial charge in [0.25, 0.3) is 5.91 Å². The van der Waals surface area contributed by atoms with Gasteiger partial charge in [0.1, 0.15) is 0 Å². The smallest absolute Gasteiger partial charge is 0.251 e. The molecule has 2 aliphatic rings. The third kappa shape index (κ3) is 5.57. The predicted molar refractivity (Wildman–Crippen MR) is 103 cm³/mol. The van der Waals surface area contributed by atoms with Crippen LogP contribution in [-0.4, -0.2) is 61.6 Å². The van der Waals surface area contributed by atoms with Crippen LogP contribution in [0.2, 0.25) is 0 Å². The van der Waals surface area contributed by atoms with Crippen LogP contribution in [0.5, 0.6) is 0 Å². The monoisotopic (exact) mass is 373 g/mol. The van der Waals surface area contributed by atoms with Crippen molar-refractivity contribution in [3.63, 3.8) is 0 Å². The first-order valence-corrected chi connectivity index (χ1v) is 9.97. The Bertz CT molecular complexity index is 489. The van der Waals surface area contributed by atoms with Gasteiger partial charge in [0.05, 0.1) is 4.58 Å². The van der Waals surface area contributed by atoms with Crippen molar-refractivity contribution in [2.75, 3.05) is 50.8 Å². The third-order valence-corrected chi connectivity index (χ3v) is 7.09. The lowest BCUT2D eigenvalue weighted by molar-refractivity contribution is 0.0947. The van der Waals surface area contributed by atoms with E-state index in [9.17, 15) is 4.79 Å². The summed E-state index contributed by atoms with van der Waals surface area (Å²) >= 11 is 3.98. The Morgan fingerprint density at radius 2 is 1.83 bits per heavy atom. The SMILES string of the molecule is Cl.O=C(NCCN1CCNCC1)c1ccc(C2SCCS2)cc1. The lowest BCUT2D eigenvalue weighted by atomic mass is 10.1. The molecule has 0 radical (unpaired) electrons. The van der Waals surface area contributed by atoms with Crippen LogP contribution in [0.4, 0.5) is 0 Å². The van der Waals surface area contributed by atoms with Crippen LogP contribution < -0.4 is 10.6 Å². The number of halogens is 1. The van der Waals surface area contributed by atoms with Crippen LogP contribution in [-0.2, 0) is 0 Å². The molecule has 0 aromatic heterocycles. The molecule has 4 nitrogen and oxygen atoms in total. The van der Waals surface area contributed by atoms with E-state index in [1.807, 2.05) is 35.7 Å². The van der Waals surface area contributed by atoms with Gasteiger partial charge in [-0.2, -0.15) is 0 Å². The fourth-order valence-electron chi connectivity index (χ4n) is 2.71. The maximum absolute atomic E-state index is 12.2. The van der Waals surface area contributed by atoms with Gasteiger partial charge in [-0.1, -0.05) is 12.1 Å². The number of hydrogen-bond donors (Lipinski definition) is 2. The summed E-state index contributed by atoms with van der Waals surface area (Å²) in [4.78, 5) is 14.5. The highest BCUT2D eigenvalue weighted by atomic mass is 35.5. The molecule has 0 aliphatic carbocycles. The normalized spacial score (nSPS) is 19.3. The number of amides is 1. The van der Waals surface area contributed by atoms with Gasteiger partial charge in [-0.3, -0.25) is 9.69 Å². The molecule has 2 fully saturated rings. The number of nitrogens with zero attached hydrogens (tertiary/aromatic N) is 1. The van der Waals surface area contributed by atoms with Crippen LogP contribution in [0, 0.1) is 0 Å². The highest BCUT2D eigenvalue weighted by Crippen LogP contribution is 2.45. The van der Waals surface area contributed by atoms with Gasteiger partial charge in [0.15, 0.2) is 0 Å². The fraction of sp³-hybridized carbons (Fsp3) is 0.562. The summed E-state index contributed by atoms with van der Waals surface area (Å²) < 4.78 is 0.546. The second-order valence-electron chi connectivity index (χ2n) is 5.54. The van der Waals surface area contributed by atoms with Gasteiger partial charge in [-0.05, 0) is 17.7 Å². The first kappa shape index (κ1) is 18.9. The summed E-state index contributed by atoms with van der Waals surface area (Å²) in [5, 5.41) is 6.36. The van der Waals surface area contributed by atoms with Crippen LogP contribution in [0.25, 0.3) is 0 Å². The van der Waals surface area contributed by atoms with E-state index >= 15 is 0 Å². The maximum Gasteiger partial charge on any atom is 0.251 e. The second-order valence-corrected chi connectivity index (χ2v) is 8.27. The molecular formula is C16H24ClN3OS2. The van der Waals surface area contributed by atoms with Crippen molar-refractivity contribution in [1.29, 1.82) is 0 Å². The van der Waals surface area contributed by atoms with E-state index in [0.29, 0.717) is 4.58 Å². The van der Waals surface area contributed by atoms with E-state index in [4.69, 9.17) is 0 Å². The molecule has 3 rings (SSSR count). The zero-order chi connectivity index (χ0) is 15.2. The Morgan fingerprint density at radius 3 is 2.48 bits per heavy atom. The minimum absolute atomic E-state index is 0. The van der Waals surface area contributed by atoms with Crippen molar-refractivity contribution >= 4 is 41.8 Å². The van der Waals surface area contributed by atoms with Crippen LogP contribution in [0.3, 0.4) is 0 Å².